The van der Waals surface area contributed by atoms with Gasteiger partial charge in [0.2, 0.25) is 0 Å². The van der Waals surface area contributed by atoms with Crippen LogP contribution in [0.3, 0.4) is 0 Å². The van der Waals surface area contributed by atoms with E-state index in [1.54, 1.807) is 0 Å². The first-order valence-electron chi connectivity index (χ1n) is 8.84. The molecule has 6 nitrogen and oxygen atoms in total. The average Bonchev–Trinajstić information content (AvgIpc) is 2.95. The molecule has 1 N–H and O–H groups in total. The molecule has 1 aromatic carbocycles. The normalized spacial score (nSPS) is 15.4. The van der Waals surface area contributed by atoms with Gasteiger partial charge in [-0.2, -0.15) is 0 Å². The predicted molar refractivity (Wildman–Crippen MR) is 96.4 cm³/mol. The van der Waals surface area contributed by atoms with Crippen LogP contribution in [0.4, 0.5) is 4.79 Å². The highest BCUT2D eigenvalue weighted by atomic mass is 16.5. The summed E-state index contributed by atoms with van der Waals surface area (Å²) in [6, 6.07) is 10.3. The summed E-state index contributed by atoms with van der Waals surface area (Å²) in [6.45, 7) is 8.67. The van der Waals surface area contributed by atoms with Crippen molar-refractivity contribution in [3.8, 4) is 0 Å². The summed E-state index contributed by atoms with van der Waals surface area (Å²) in [4.78, 5) is 16.5. The van der Waals surface area contributed by atoms with Crippen LogP contribution in [0.25, 0.3) is 0 Å². The van der Waals surface area contributed by atoms with E-state index in [4.69, 9.17) is 4.52 Å². The second kappa shape index (κ2) is 8.16. The van der Waals surface area contributed by atoms with Crippen molar-refractivity contribution in [1.29, 1.82) is 0 Å². The zero-order valence-electron chi connectivity index (χ0n) is 15.0. The Morgan fingerprint density at radius 1 is 1.16 bits per heavy atom. The van der Waals surface area contributed by atoms with Crippen molar-refractivity contribution in [2.75, 3.05) is 32.7 Å². The summed E-state index contributed by atoms with van der Waals surface area (Å²) < 4.78 is 5.23. The third kappa shape index (κ3) is 4.60. The number of carbonyl (C=O) groups excluding carboxylic acids is 1. The van der Waals surface area contributed by atoms with Gasteiger partial charge < -0.3 is 14.7 Å². The van der Waals surface area contributed by atoms with E-state index in [9.17, 15) is 4.79 Å². The lowest BCUT2D eigenvalue weighted by molar-refractivity contribution is 0.135. The summed E-state index contributed by atoms with van der Waals surface area (Å²) in [6.07, 6.45) is 0.860. The molecule has 1 fully saturated rings. The quantitative estimate of drug-likeness (QED) is 0.906. The second-order valence-corrected chi connectivity index (χ2v) is 6.53. The number of rotatable bonds is 5. The molecule has 0 bridgehead atoms. The predicted octanol–water partition coefficient (Wildman–Crippen LogP) is 2.36. The molecule has 2 heterocycles. The Hall–Kier alpha value is -2.34. The van der Waals surface area contributed by atoms with Crippen LogP contribution in [-0.4, -0.2) is 53.7 Å². The highest BCUT2D eigenvalue weighted by molar-refractivity contribution is 5.74. The number of aromatic nitrogens is 1. The van der Waals surface area contributed by atoms with E-state index >= 15 is 0 Å². The van der Waals surface area contributed by atoms with Gasteiger partial charge in [0.15, 0.2) is 0 Å². The van der Waals surface area contributed by atoms with Crippen molar-refractivity contribution in [1.82, 2.24) is 20.3 Å². The number of amides is 2. The van der Waals surface area contributed by atoms with Gasteiger partial charge in [-0.05, 0) is 25.8 Å². The minimum absolute atomic E-state index is 0.0351. The second-order valence-electron chi connectivity index (χ2n) is 6.53. The van der Waals surface area contributed by atoms with Gasteiger partial charge in [0.05, 0.1) is 5.69 Å². The number of carbonyl (C=O) groups is 1. The third-order valence-corrected chi connectivity index (χ3v) is 4.76. The largest absolute Gasteiger partial charge is 0.361 e. The molecular formula is C19H26N4O2. The molecule has 0 unspecified atom stereocenters. The number of nitrogens with one attached hydrogen (secondary N) is 1. The number of hydrogen-bond acceptors (Lipinski definition) is 4. The topological polar surface area (TPSA) is 61.6 Å². The zero-order chi connectivity index (χ0) is 17.6. The molecule has 3 rings (SSSR count). The Kier molecular flexibility index (Phi) is 5.71. The standard InChI is InChI=1S/C19H26N4O2/c1-15-18(16(2)25-21-15)14-22-10-12-23(13-11-22)19(24)20-9-8-17-6-4-3-5-7-17/h3-7H,8-14H2,1-2H3,(H,20,24). The summed E-state index contributed by atoms with van der Waals surface area (Å²) >= 11 is 0. The summed E-state index contributed by atoms with van der Waals surface area (Å²) in [5, 5.41) is 7.03. The molecule has 25 heavy (non-hydrogen) atoms. The molecule has 2 amide bonds. The Bertz CT molecular complexity index is 671. The van der Waals surface area contributed by atoms with E-state index in [1.807, 2.05) is 36.9 Å². The van der Waals surface area contributed by atoms with Gasteiger partial charge in [-0.3, -0.25) is 4.90 Å². The van der Waals surface area contributed by atoms with E-state index in [0.29, 0.717) is 6.54 Å². The van der Waals surface area contributed by atoms with E-state index in [0.717, 1.165) is 50.6 Å². The van der Waals surface area contributed by atoms with Gasteiger partial charge in [0, 0.05) is 44.8 Å². The van der Waals surface area contributed by atoms with Crippen molar-refractivity contribution in [3.05, 3.63) is 52.9 Å². The van der Waals surface area contributed by atoms with Crippen molar-refractivity contribution in [2.24, 2.45) is 0 Å². The van der Waals surface area contributed by atoms with Crippen LogP contribution < -0.4 is 5.32 Å². The molecule has 1 saturated heterocycles. The van der Waals surface area contributed by atoms with Crippen LogP contribution in [0, 0.1) is 13.8 Å². The minimum Gasteiger partial charge on any atom is -0.361 e. The zero-order valence-corrected chi connectivity index (χ0v) is 15.0. The first-order valence-corrected chi connectivity index (χ1v) is 8.84. The van der Waals surface area contributed by atoms with Crippen LogP contribution in [0.2, 0.25) is 0 Å². The number of nitrogens with zero attached hydrogens (tertiary/aromatic N) is 3. The molecule has 0 saturated carbocycles. The molecule has 1 aliphatic rings. The summed E-state index contributed by atoms with van der Waals surface area (Å²) in [7, 11) is 0. The Morgan fingerprint density at radius 2 is 1.88 bits per heavy atom. The van der Waals surface area contributed by atoms with Gasteiger partial charge in [-0.25, -0.2) is 4.79 Å². The van der Waals surface area contributed by atoms with E-state index in [1.165, 1.54) is 11.1 Å². The van der Waals surface area contributed by atoms with Crippen molar-refractivity contribution in [2.45, 2.75) is 26.8 Å². The Balaban J connectivity index is 1.40. The van der Waals surface area contributed by atoms with Gasteiger partial charge >= 0.3 is 6.03 Å². The highest BCUT2D eigenvalue weighted by Gasteiger charge is 2.22. The summed E-state index contributed by atoms with van der Waals surface area (Å²) in [5.74, 6) is 0.888. The van der Waals surface area contributed by atoms with E-state index in [2.05, 4.69) is 27.5 Å². The number of hydrogen-bond donors (Lipinski definition) is 1. The number of urea groups is 1. The average molecular weight is 342 g/mol. The summed E-state index contributed by atoms with van der Waals surface area (Å²) in [5.41, 5.74) is 3.37. The Morgan fingerprint density at radius 3 is 2.52 bits per heavy atom. The number of piperazine rings is 1. The molecule has 0 aliphatic carbocycles. The van der Waals surface area contributed by atoms with Crippen LogP contribution in [0.15, 0.2) is 34.9 Å². The molecular weight excluding hydrogens is 316 g/mol. The van der Waals surface area contributed by atoms with Crippen molar-refractivity contribution in [3.63, 3.8) is 0 Å². The van der Waals surface area contributed by atoms with Crippen LogP contribution >= 0.6 is 0 Å². The van der Waals surface area contributed by atoms with Gasteiger partial charge in [-0.15, -0.1) is 0 Å². The monoisotopic (exact) mass is 342 g/mol. The molecule has 2 aromatic rings. The van der Waals surface area contributed by atoms with Crippen molar-refractivity contribution >= 4 is 6.03 Å². The Labute approximate surface area is 148 Å². The van der Waals surface area contributed by atoms with Crippen LogP contribution in [0.5, 0.6) is 0 Å². The minimum atomic E-state index is 0.0351. The maximum atomic E-state index is 12.3. The molecule has 134 valence electrons. The maximum Gasteiger partial charge on any atom is 0.317 e. The fraction of sp³-hybridized carbons (Fsp3) is 0.474. The smallest absolute Gasteiger partial charge is 0.317 e. The highest BCUT2D eigenvalue weighted by Crippen LogP contribution is 2.16. The molecule has 1 aromatic heterocycles. The van der Waals surface area contributed by atoms with Crippen molar-refractivity contribution < 1.29 is 9.32 Å². The van der Waals surface area contributed by atoms with E-state index in [-0.39, 0.29) is 6.03 Å². The lowest BCUT2D eigenvalue weighted by atomic mass is 10.1. The third-order valence-electron chi connectivity index (χ3n) is 4.76. The lowest BCUT2D eigenvalue weighted by Gasteiger charge is -2.34. The van der Waals surface area contributed by atoms with Crippen LogP contribution in [-0.2, 0) is 13.0 Å². The van der Waals surface area contributed by atoms with Gasteiger partial charge in [0.25, 0.3) is 0 Å². The molecule has 0 spiro atoms. The lowest BCUT2D eigenvalue weighted by Crippen LogP contribution is -2.51. The molecule has 1 aliphatic heterocycles. The fourth-order valence-electron chi connectivity index (χ4n) is 3.13. The number of aryl methyl sites for hydroxylation is 2. The number of benzene rings is 1. The molecule has 0 atom stereocenters. The van der Waals surface area contributed by atoms with Crippen LogP contribution in [0.1, 0.15) is 22.6 Å². The van der Waals surface area contributed by atoms with E-state index < -0.39 is 0 Å². The maximum absolute atomic E-state index is 12.3. The SMILES string of the molecule is Cc1noc(C)c1CN1CCN(C(=O)NCCc2ccccc2)CC1. The molecule has 6 heteroatoms. The first kappa shape index (κ1) is 17.5. The van der Waals surface area contributed by atoms with Gasteiger partial charge in [0.1, 0.15) is 5.76 Å². The fourth-order valence-corrected chi connectivity index (χ4v) is 3.13. The molecule has 0 radical (unpaired) electrons. The first-order chi connectivity index (χ1) is 12.1. The van der Waals surface area contributed by atoms with Gasteiger partial charge in [-0.1, -0.05) is 35.5 Å².